The molecule has 1 N–H and O–H groups in total. The van der Waals surface area contributed by atoms with Crippen molar-refractivity contribution in [3.05, 3.63) is 54.6 Å². The quantitative estimate of drug-likeness (QED) is 0.845. The summed E-state index contributed by atoms with van der Waals surface area (Å²) < 4.78 is 0. The number of benzene rings is 2. The summed E-state index contributed by atoms with van der Waals surface area (Å²) in [5, 5.41) is 2.99. The van der Waals surface area contributed by atoms with Crippen LogP contribution in [0.2, 0.25) is 0 Å². The maximum atomic E-state index is 12.6. The Hall–Kier alpha value is -2.86. The van der Waals surface area contributed by atoms with Crippen molar-refractivity contribution in [1.29, 1.82) is 0 Å². The number of urea groups is 1. The van der Waals surface area contributed by atoms with Crippen LogP contribution in [0.1, 0.15) is 19.3 Å². The first-order valence-corrected chi connectivity index (χ1v) is 10.9. The molecule has 2 aromatic rings. The van der Waals surface area contributed by atoms with E-state index in [4.69, 9.17) is 0 Å². The third kappa shape index (κ3) is 5.19. The van der Waals surface area contributed by atoms with Gasteiger partial charge in [0.05, 0.1) is 6.54 Å². The molecule has 0 atom stereocenters. The molecule has 158 valence electrons. The molecule has 2 aliphatic heterocycles. The maximum Gasteiger partial charge on any atom is 0.321 e. The van der Waals surface area contributed by atoms with Crippen molar-refractivity contribution >= 4 is 17.6 Å². The second-order valence-corrected chi connectivity index (χ2v) is 8.08. The Labute approximate surface area is 178 Å². The van der Waals surface area contributed by atoms with Crippen LogP contribution in [0, 0.1) is 0 Å². The van der Waals surface area contributed by atoms with Crippen molar-refractivity contribution in [3.8, 4) is 11.1 Å². The lowest BCUT2D eigenvalue weighted by atomic mass is 10.1. The average molecular weight is 407 g/mol. The van der Waals surface area contributed by atoms with Gasteiger partial charge in [0.2, 0.25) is 5.91 Å². The van der Waals surface area contributed by atoms with E-state index in [-0.39, 0.29) is 11.9 Å². The molecule has 6 heteroatoms. The monoisotopic (exact) mass is 406 g/mol. The van der Waals surface area contributed by atoms with Crippen LogP contribution in [0.5, 0.6) is 0 Å². The first kappa shape index (κ1) is 20.4. The number of nitrogens with zero attached hydrogens (tertiary/aromatic N) is 3. The van der Waals surface area contributed by atoms with E-state index in [2.05, 4.69) is 22.3 Å². The molecule has 3 amide bonds. The zero-order chi connectivity index (χ0) is 20.8. The van der Waals surface area contributed by atoms with E-state index in [9.17, 15) is 9.59 Å². The molecule has 2 saturated heterocycles. The van der Waals surface area contributed by atoms with Crippen molar-refractivity contribution in [2.24, 2.45) is 0 Å². The number of nitrogens with one attached hydrogen (secondary N) is 1. The number of piperazine rings is 1. The molecule has 4 rings (SSSR count). The lowest BCUT2D eigenvalue weighted by molar-refractivity contribution is -0.133. The van der Waals surface area contributed by atoms with Crippen LogP contribution >= 0.6 is 0 Å². The van der Waals surface area contributed by atoms with Crippen LogP contribution in [0.4, 0.5) is 10.5 Å². The highest BCUT2D eigenvalue weighted by Crippen LogP contribution is 2.21. The minimum atomic E-state index is -0.0792. The van der Waals surface area contributed by atoms with Gasteiger partial charge in [-0.3, -0.25) is 9.69 Å². The van der Waals surface area contributed by atoms with Gasteiger partial charge in [0, 0.05) is 45.0 Å². The zero-order valence-corrected chi connectivity index (χ0v) is 17.4. The van der Waals surface area contributed by atoms with E-state index in [1.807, 2.05) is 52.3 Å². The fourth-order valence-electron chi connectivity index (χ4n) is 4.12. The number of rotatable bonds is 4. The van der Waals surface area contributed by atoms with Crippen LogP contribution in [-0.4, -0.2) is 72.5 Å². The van der Waals surface area contributed by atoms with Crippen LogP contribution < -0.4 is 5.32 Å². The van der Waals surface area contributed by atoms with Gasteiger partial charge >= 0.3 is 6.03 Å². The summed E-state index contributed by atoms with van der Waals surface area (Å²) in [6.07, 6.45) is 3.46. The van der Waals surface area contributed by atoms with Gasteiger partial charge in [-0.2, -0.15) is 0 Å². The summed E-state index contributed by atoms with van der Waals surface area (Å²) in [7, 11) is 0. The summed E-state index contributed by atoms with van der Waals surface area (Å²) in [6.45, 7) is 5.01. The van der Waals surface area contributed by atoms with Gasteiger partial charge in [0.1, 0.15) is 0 Å². The van der Waals surface area contributed by atoms with Crippen LogP contribution in [-0.2, 0) is 4.79 Å². The molecule has 0 aliphatic carbocycles. The molecule has 2 aromatic carbocycles. The van der Waals surface area contributed by atoms with Gasteiger partial charge in [-0.1, -0.05) is 42.5 Å². The minimum Gasteiger partial charge on any atom is -0.342 e. The normalized spacial score (nSPS) is 17.6. The van der Waals surface area contributed by atoms with Crippen molar-refractivity contribution in [2.45, 2.75) is 19.3 Å². The van der Waals surface area contributed by atoms with E-state index in [1.54, 1.807) is 0 Å². The summed E-state index contributed by atoms with van der Waals surface area (Å²) >= 11 is 0. The van der Waals surface area contributed by atoms with Crippen molar-refractivity contribution in [1.82, 2.24) is 14.7 Å². The van der Waals surface area contributed by atoms with Crippen LogP contribution in [0.25, 0.3) is 11.1 Å². The lowest BCUT2D eigenvalue weighted by Crippen LogP contribution is -2.52. The van der Waals surface area contributed by atoms with E-state index in [1.165, 1.54) is 6.42 Å². The molecular weight excluding hydrogens is 376 g/mol. The number of hydrogen-bond donors (Lipinski definition) is 1. The Morgan fingerprint density at radius 3 is 2.00 bits per heavy atom. The summed E-state index contributed by atoms with van der Waals surface area (Å²) in [4.78, 5) is 31.0. The smallest absolute Gasteiger partial charge is 0.321 e. The highest BCUT2D eigenvalue weighted by atomic mass is 16.2. The van der Waals surface area contributed by atoms with E-state index in [0.29, 0.717) is 19.6 Å². The highest BCUT2D eigenvalue weighted by Gasteiger charge is 2.24. The largest absolute Gasteiger partial charge is 0.342 e. The van der Waals surface area contributed by atoms with Gasteiger partial charge < -0.3 is 15.1 Å². The minimum absolute atomic E-state index is 0.0792. The van der Waals surface area contributed by atoms with Crippen LogP contribution in [0.15, 0.2) is 54.6 Å². The van der Waals surface area contributed by atoms with Gasteiger partial charge in [-0.05, 0) is 42.5 Å². The fourth-order valence-corrected chi connectivity index (χ4v) is 4.12. The standard InChI is InChI=1S/C24H30N4O2/c29-23(27-13-5-2-6-14-27)19-26-15-17-28(18-16-26)24(30)25-22-11-9-21(10-12-22)20-7-3-1-4-8-20/h1,3-4,7-12H,2,5-6,13-19H2,(H,25,30). The van der Waals surface area contributed by atoms with Gasteiger partial charge in [-0.25, -0.2) is 4.79 Å². The van der Waals surface area contributed by atoms with Crippen LogP contribution in [0.3, 0.4) is 0 Å². The van der Waals surface area contributed by atoms with Crippen molar-refractivity contribution in [2.75, 3.05) is 51.1 Å². The van der Waals surface area contributed by atoms with Gasteiger partial charge in [-0.15, -0.1) is 0 Å². The lowest BCUT2D eigenvalue weighted by Gasteiger charge is -2.36. The van der Waals surface area contributed by atoms with Crippen molar-refractivity contribution < 1.29 is 9.59 Å². The SMILES string of the molecule is O=C(CN1CCN(C(=O)Nc2ccc(-c3ccccc3)cc2)CC1)N1CCCCC1. The molecule has 0 spiro atoms. The zero-order valence-electron chi connectivity index (χ0n) is 17.4. The number of anilines is 1. The molecule has 0 bridgehead atoms. The summed E-state index contributed by atoms with van der Waals surface area (Å²) in [5.41, 5.74) is 3.08. The summed E-state index contributed by atoms with van der Waals surface area (Å²) in [6, 6.07) is 18.0. The second kappa shape index (κ2) is 9.76. The Balaban J connectivity index is 1.24. The first-order chi connectivity index (χ1) is 14.7. The van der Waals surface area contributed by atoms with E-state index in [0.717, 1.165) is 55.8 Å². The number of carbonyl (C=O) groups is 2. The molecule has 0 unspecified atom stereocenters. The van der Waals surface area contributed by atoms with E-state index < -0.39 is 0 Å². The fraction of sp³-hybridized carbons (Fsp3) is 0.417. The first-order valence-electron chi connectivity index (χ1n) is 10.9. The number of amides is 3. The Kier molecular flexibility index (Phi) is 6.64. The molecule has 2 heterocycles. The molecule has 0 aromatic heterocycles. The van der Waals surface area contributed by atoms with Gasteiger partial charge in [0.25, 0.3) is 0 Å². The predicted molar refractivity (Wildman–Crippen MR) is 119 cm³/mol. The third-order valence-corrected chi connectivity index (χ3v) is 5.97. The molecule has 6 nitrogen and oxygen atoms in total. The molecule has 0 saturated carbocycles. The Morgan fingerprint density at radius 1 is 0.700 bits per heavy atom. The number of piperidine rings is 1. The van der Waals surface area contributed by atoms with Crippen molar-refractivity contribution in [3.63, 3.8) is 0 Å². The Morgan fingerprint density at radius 2 is 1.33 bits per heavy atom. The Bertz CT molecular complexity index is 839. The number of carbonyl (C=O) groups excluding carboxylic acids is 2. The maximum absolute atomic E-state index is 12.6. The third-order valence-electron chi connectivity index (χ3n) is 5.97. The van der Waals surface area contributed by atoms with E-state index >= 15 is 0 Å². The predicted octanol–water partition coefficient (Wildman–Crippen LogP) is 3.52. The molecular formula is C24H30N4O2. The second-order valence-electron chi connectivity index (χ2n) is 8.08. The molecule has 2 fully saturated rings. The van der Waals surface area contributed by atoms with Gasteiger partial charge in [0.15, 0.2) is 0 Å². The molecule has 0 radical (unpaired) electrons. The molecule has 2 aliphatic rings. The average Bonchev–Trinajstić information content (AvgIpc) is 2.81. The number of likely N-dealkylation sites (tertiary alicyclic amines) is 1. The number of hydrogen-bond acceptors (Lipinski definition) is 3. The highest BCUT2D eigenvalue weighted by molar-refractivity contribution is 5.89. The summed E-state index contributed by atoms with van der Waals surface area (Å²) in [5.74, 6) is 0.228. The molecule has 30 heavy (non-hydrogen) atoms. The topological polar surface area (TPSA) is 55.9 Å².